The molecule has 5 nitrogen and oxygen atoms in total. The molecule has 1 aromatic rings. The van der Waals surface area contributed by atoms with Crippen molar-refractivity contribution in [3.05, 3.63) is 28.0 Å². The molecular formula is C7H7N5. The highest BCUT2D eigenvalue weighted by Gasteiger charge is 2.15. The van der Waals surface area contributed by atoms with Crippen LogP contribution >= 0.6 is 0 Å². The molecule has 0 fully saturated rings. The van der Waals surface area contributed by atoms with Crippen LogP contribution in [0.25, 0.3) is 10.4 Å². The van der Waals surface area contributed by atoms with E-state index in [1.165, 1.54) is 6.33 Å². The minimum Gasteiger partial charge on any atom is -0.241 e. The summed E-state index contributed by atoms with van der Waals surface area (Å²) < 4.78 is 0. The fourth-order valence-corrected chi connectivity index (χ4v) is 1.47. The summed E-state index contributed by atoms with van der Waals surface area (Å²) in [7, 11) is 0. The van der Waals surface area contributed by atoms with Crippen molar-refractivity contribution in [2.75, 3.05) is 0 Å². The summed E-state index contributed by atoms with van der Waals surface area (Å²) in [5, 5.41) is 3.51. The molecule has 0 saturated heterocycles. The largest absolute Gasteiger partial charge is 0.241 e. The normalized spacial score (nSPS) is 13.7. The van der Waals surface area contributed by atoms with Crippen LogP contribution in [-0.2, 0) is 12.8 Å². The SMILES string of the molecule is [N-]=[N+]=Nc1ncnc2c1CCC2. The van der Waals surface area contributed by atoms with Crippen LogP contribution in [0.4, 0.5) is 5.82 Å². The van der Waals surface area contributed by atoms with E-state index in [2.05, 4.69) is 20.0 Å². The molecule has 2 rings (SSSR count). The lowest BCUT2D eigenvalue weighted by molar-refractivity contribution is 0.899. The molecule has 0 radical (unpaired) electrons. The minimum atomic E-state index is 0.500. The molecule has 1 heterocycles. The molecule has 0 atom stereocenters. The topological polar surface area (TPSA) is 74.5 Å². The van der Waals surface area contributed by atoms with Gasteiger partial charge in [-0.25, -0.2) is 9.97 Å². The number of aromatic nitrogens is 2. The van der Waals surface area contributed by atoms with Gasteiger partial charge in [-0.1, -0.05) is 0 Å². The smallest absolute Gasteiger partial charge is 0.133 e. The first-order valence-corrected chi connectivity index (χ1v) is 3.79. The van der Waals surface area contributed by atoms with Gasteiger partial charge in [0.2, 0.25) is 0 Å². The highest BCUT2D eigenvalue weighted by atomic mass is 15.2. The van der Waals surface area contributed by atoms with E-state index in [0.717, 1.165) is 30.5 Å². The third-order valence-corrected chi connectivity index (χ3v) is 1.99. The summed E-state index contributed by atoms with van der Waals surface area (Å²) in [5.41, 5.74) is 10.3. The van der Waals surface area contributed by atoms with Gasteiger partial charge in [-0.2, -0.15) is 0 Å². The molecule has 0 saturated carbocycles. The van der Waals surface area contributed by atoms with Crippen LogP contribution in [0.2, 0.25) is 0 Å². The zero-order valence-corrected chi connectivity index (χ0v) is 6.43. The second-order valence-electron chi connectivity index (χ2n) is 2.67. The number of rotatable bonds is 1. The fourth-order valence-electron chi connectivity index (χ4n) is 1.47. The Kier molecular flexibility index (Phi) is 1.64. The minimum absolute atomic E-state index is 0.500. The third-order valence-electron chi connectivity index (χ3n) is 1.99. The summed E-state index contributed by atoms with van der Waals surface area (Å²) in [6, 6.07) is 0. The monoisotopic (exact) mass is 161 g/mol. The first-order chi connectivity index (χ1) is 5.92. The third kappa shape index (κ3) is 1.00. The van der Waals surface area contributed by atoms with Crippen LogP contribution in [0, 0.1) is 0 Å². The van der Waals surface area contributed by atoms with E-state index in [0.29, 0.717) is 5.82 Å². The zero-order valence-electron chi connectivity index (χ0n) is 6.43. The van der Waals surface area contributed by atoms with E-state index in [1.807, 2.05) is 0 Å². The van der Waals surface area contributed by atoms with Crippen molar-refractivity contribution < 1.29 is 0 Å². The van der Waals surface area contributed by atoms with Crippen molar-refractivity contribution >= 4 is 5.82 Å². The molecule has 0 N–H and O–H groups in total. The average Bonchev–Trinajstić information content (AvgIpc) is 2.53. The Morgan fingerprint density at radius 1 is 1.42 bits per heavy atom. The molecule has 0 amide bonds. The summed E-state index contributed by atoms with van der Waals surface area (Å²) >= 11 is 0. The van der Waals surface area contributed by atoms with E-state index in [-0.39, 0.29) is 0 Å². The number of fused-ring (bicyclic) bond motifs is 1. The Bertz CT molecular complexity index is 353. The van der Waals surface area contributed by atoms with Gasteiger partial charge >= 0.3 is 0 Å². The van der Waals surface area contributed by atoms with Gasteiger partial charge in [0.25, 0.3) is 0 Å². The Morgan fingerprint density at radius 3 is 3.17 bits per heavy atom. The first kappa shape index (κ1) is 7.06. The van der Waals surface area contributed by atoms with Crippen molar-refractivity contribution in [2.45, 2.75) is 19.3 Å². The van der Waals surface area contributed by atoms with Crippen LogP contribution in [0.15, 0.2) is 11.4 Å². The number of hydrogen-bond donors (Lipinski definition) is 0. The van der Waals surface area contributed by atoms with Gasteiger partial charge in [-0.15, -0.1) is 0 Å². The summed E-state index contributed by atoms with van der Waals surface area (Å²) in [4.78, 5) is 10.7. The lowest BCUT2D eigenvalue weighted by Crippen LogP contribution is -1.89. The first-order valence-electron chi connectivity index (χ1n) is 3.79. The Hall–Kier alpha value is -1.61. The van der Waals surface area contributed by atoms with Gasteiger partial charge in [-0.05, 0) is 29.9 Å². The van der Waals surface area contributed by atoms with E-state index < -0.39 is 0 Å². The van der Waals surface area contributed by atoms with Crippen LogP contribution < -0.4 is 0 Å². The number of azide groups is 1. The van der Waals surface area contributed by atoms with E-state index in [9.17, 15) is 0 Å². The van der Waals surface area contributed by atoms with Gasteiger partial charge in [0.15, 0.2) is 0 Å². The predicted octanol–water partition coefficient (Wildman–Crippen LogP) is 1.91. The fraction of sp³-hybridized carbons (Fsp3) is 0.429. The summed E-state index contributed by atoms with van der Waals surface area (Å²) in [6.07, 6.45) is 4.45. The molecule has 5 heteroatoms. The molecular weight excluding hydrogens is 154 g/mol. The van der Waals surface area contributed by atoms with Gasteiger partial charge in [0.05, 0.1) is 0 Å². The van der Waals surface area contributed by atoms with Crippen molar-refractivity contribution in [3.63, 3.8) is 0 Å². The molecule has 1 aliphatic carbocycles. The van der Waals surface area contributed by atoms with E-state index in [1.54, 1.807) is 0 Å². The van der Waals surface area contributed by atoms with Crippen LogP contribution in [0.5, 0.6) is 0 Å². The quantitative estimate of drug-likeness (QED) is 0.358. The molecule has 0 aliphatic heterocycles. The molecule has 12 heavy (non-hydrogen) atoms. The lowest BCUT2D eigenvalue weighted by atomic mass is 10.2. The summed E-state index contributed by atoms with van der Waals surface area (Å²) in [6.45, 7) is 0. The molecule has 60 valence electrons. The standard InChI is InChI=1S/C7H7N5/c8-12-11-7-5-2-1-3-6(5)9-4-10-7/h4H,1-3H2. The van der Waals surface area contributed by atoms with Gasteiger partial charge < -0.3 is 0 Å². The highest BCUT2D eigenvalue weighted by molar-refractivity contribution is 5.42. The van der Waals surface area contributed by atoms with Crippen LogP contribution in [0.1, 0.15) is 17.7 Å². The Morgan fingerprint density at radius 2 is 2.33 bits per heavy atom. The maximum atomic E-state index is 8.25. The second-order valence-corrected chi connectivity index (χ2v) is 2.67. The Labute approximate surface area is 69.1 Å². The van der Waals surface area contributed by atoms with Gasteiger partial charge in [0.1, 0.15) is 12.1 Å². The molecule has 0 bridgehead atoms. The summed E-state index contributed by atoms with van der Waals surface area (Å²) in [5.74, 6) is 0.500. The zero-order chi connectivity index (χ0) is 8.39. The van der Waals surface area contributed by atoms with Gasteiger partial charge in [-0.3, -0.25) is 0 Å². The highest BCUT2D eigenvalue weighted by Crippen LogP contribution is 2.26. The van der Waals surface area contributed by atoms with Crippen molar-refractivity contribution in [1.29, 1.82) is 0 Å². The molecule has 0 spiro atoms. The molecule has 0 unspecified atom stereocenters. The molecule has 1 aromatic heterocycles. The lowest BCUT2D eigenvalue weighted by Gasteiger charge is -1.98. The Balaban J connectivity index is 2.56. The number of aryl methyl sites for hydroxylation is 1. The van der Waals surface area contributed by atoms with Crippen LogP contribution in [0.3, 0.4) is 0 Å². The maximum absolute atomic E-state index is 8.25. The van der Waals surface area contributed by atoms with Gasteiger partial charge in [0, 0.05) is 16.2 Å². The number of nitrogens with zero attached hydrogens (tertiary/aromatic N) is 5. The van der Waals surface area contributed by atoms with E-state index >= 15 is 0 Å². The van der Waals surface area contributed by atoms with E-state index in [4.69, 9.17) is 5.53 Å². The average molecular weight is 161 g/mol. The second kappa shape index (κ2) is 2.79. The molecule has 0 aromatic carbocycles. The molecule has 1 aliphatic rings. The van der Waals surface area contributed by atoms with Crippen LogP contribution in [-0.4, -0.2) is 9.97 Å². The van der Waals surface area contributed by atoms with Crippen molar-refractivity contribution in [1.82, 2.24) is 9.97 Å². The number of hydrogen-bond acceptors (Lipinski definition) is 3. The van der Waals surface area contributed by atoms with Crippen molar-refractivity contribution in [2.24, 2.45) is 5.11 Å². The maximum Gasteiger partial charge on any atom is 0.133 e. The van der Waals surface area contributed by atoms with Crippen molar-refractivity contribution in [3.8, 4) is 0 Å². The predicted molar refractivity (Wildman–Crippen MR) is 42.9 cm³/mol.